The molecule has 0 saturated carbocycles. The Morgan fingerprint density at radius 3 is 2.50 bits per heavy atom. The molecule has 4 nitrogen and oxygen atoms in total. The number of benzene rings is 2. The maximum atomic E-state index is 8.82. The van der Waals surface area contributed by atoms with Crippen molar-refractivity contribution in [2.45, 2.75) is 0 Å². The number of rotatable bonds is 3. The van der Waals surface area contributed by atoms with E-state index in [0.717, 1.165) is 0 Å². The molecule has 0 aliphatic rings. The molecular weight excluding hydrogens is 228 g/mol. The third-order valence-corrected chi connectivity index (χ3v) is 2.43. The molecule has 0 unspecified atom stereocenters. The van der Waals surface area contributed by atoms with Crippen LogP contribution in [0.5, 0.6) is 17.2 Å². The molecule has 0 aromatic heterocycles. The molecule has 0 spiro atoms. The van der Waals surface area contributed by atoms with Gasteiger partial charge < -0.3 is 15.2 Å². The van der Waals surface area contributed by atoms with Crippen LogP contribution in [0.4, 0.5) is 5.69 Å². The van der Waals surface area contributed by atoms with Gasteiger partial charge in [-0.3, -0.25) is 0 Å². The molecule has 0 aliphatic carbocycles. The Kier molecular flexibility index (Phi) is 3.35. The molecule has 2 aromatic rings. The van der Waals surface area contributed by atoms with Crippen LogP contribution in [0.2, 0.25) is 0 Å². The molecule has 0 amide bonds. The molecule has 0 atom stereocenters. The number of ether oxygens (including phenoxy) is 2. The Morgan fingerprint density at radius 1 is 1.06 bits per heavy atom. The van der Waals surface area contributed by atoms with E-state index in [9.17, 15) is 0 Å². The predicted molar refractivity (Wildman–Crippen MR) is 68.6 cm³/mol. The van der Waals surface area contributed by atoms with Crippen molar-refractivity contribution in [1.29, 1.82) is 5.26 Å². The minimum atomic E-state index is 0.498. The van der Waals surface area contributed by atoms with Crippen LogP contribution in [0.25, 0.3) is 0 Å². The zero-order chi connectivity index (χ0) is 13.0. The Hall–Kier alpha value is -2.67. The number of hydrogen-bond acceptors (Lipinski definition) is 4. The van der Waals surface area contributed by atoms with E-state index in [2.05, 4.69) is 0 Å². The summed E-state index contributed by atoms with van der Waals surface area (Å²) < 4.78 is 10.9. The van der Waals surface area contributed by atoms with Crippen molar-refractivity contribution in [1.82, 2.24) is 0 Å². The van der Waals surface area contributed by atoms with Crippen LogP contribution in [0.3, 0.4) is 0 Å². The topological polar surface area (TPSA) is 68.3 Å². The Labute approximate surface area is 105 Å². The highest BCUT2D eigenvalue weighted by atomic mass is 16.5. The van der Waals surface area contributed by atoms with E-state index in [1.807, 2.05) is 18.2 Å². The van der Waals surface area contributed by atoms with Gasteiger partial charge in [0.15, 0.2) is 17.2 Å². The SMILES string of the molecule is COc1cc(C#N)ccc1Oc1ccccc1N. The lowest BCUT2D eigenvalue weighted by molar-refractivity contribution is 0.379. The van der Waals surface area contributed by atoms with Crippen molar-refractivity contribution >= 4 is 5.69 Å². The fourth-order valence-electron chi connectivity index (χ4n) is 1.51. The first-order valence-electron chi connectivity index (χ1n) is 5.35. The summed E-state index contributed by atoms with van der Waals surface area (Å²) in [5, 5.41) is 8.82. The number of methoxy groups -OCH3 is 1. The van der Waals surface area contributed by atoms with Gasteiger partial charge in [0, 0.05) is 6.07 Å². The second kappa shape index (κ2) is 5.11. The number of para-hydroxylation sites is 2. The monoisotopic (exact) mass is 240 g/mol. The molecule has 0 bridgehead atoms. The molecule has 4 heteroatoms. The van der Waals surface area contributed by atoms with Gasteiger partial charge >= 0.3 is 0 Å². The van der Waals surface area contributed by atoms with Crippen molar-refractivity contribution in [3.05, 3.63) is 48.0 Å². The maximum absolute atomic E-state index is 8.82. The van der Waals surface area contributed by atoms with E-state index in [4.69, 9.17) is 20.5 Å². The first-order chi connectivity index (χ1) is 8.74. The van der Waals surface area contributed by atoms with Crippen molar-refractivity contribution in [3.8, 4) is 23.3 Å². The van der Waals surface area contributed by atoms with Crippen molar-refractivity contribution in [2.24, 2.45) is 0 Å². The van der Waals surface area contributed by atoms with Gasteiger partial charge in [-0.1, -0.05) is 12.1 Å². The fourth-order valence-corrected chi connectivity index (χ4v) is 1.51. The van der Waals surface area contributed by atoms with Gasteiger partial charge in [-0.2, -0.15) is 5.26 Å². The highest BCUT2D eigenvalue weighted by Gasteiger charge is 2.08. The molecule has 90 valence electrons. The fraction of sp³-hybridized carbons (Fsp3) is 0.0714. The zero-order valence-corrected chi connectivity index (χ0v) is 9.88. The van der Waals surface area contributed by atoms with Crippen LogP contribution >= 0.6 is 0 Å². The molecule has 2 aromatic carbocycles. The van der Waals surface area contributed by atoms with Crippen LogP contribution in [0.15, 0.2) is 42.5 Å². The summed E-state index contributed by atoms with van der Waals surface area (Å²) in [6.45, 7) is 0. The van der Waals surface area contributed by atoms with Gasteiger partial charge in [0.25, 0.3) is 0 Å². The smallest absolute Gasteiger partial charge is 0.169 e. The molecule has 2 rings (SSSR count). The number of nitrogens with zero attached hydrogens (tertiary/aromatic N) is 1. The minimum Gasteiger partial charge on any atom is -0.493 e. The lowest BCUT2D eigenvalue weighted by Crippen LogP contribution is -1.94. The first kappa shape index (κ1) is 11.8. The van der Waals surface area contributed by atoms with E-state index in [1.54, 1.807) is 30.3 Å². The van der Waals surface area contributed by atoms with Crippen LogP contribution < -0.4 is 15.2 Å². The number of nitriles is 1. The first-order valence-corrected chi connectivity index (χ1v) is 5.35. The molecule has 18 heavy (non-hydrogen) atoms. The summed E-state index contributed by atoms with van der Waals surface area (Å²) in [6, 6.07) is 14.2. The number of nitrogen functional groups attached to an aromatic ring is 1. The minimum absolute atomic E-state index is 0.498. The number of hydrogen-bond donors (Lipinski definition) is 1. The van der Waals surface area contributed by atoms with Gasteiger partial charge in [-0.15, -0.1) is 0 Å². The largest absolute Gasteiger partial charge is 0.493 e. The summed E-state index contributed by atoms with van der Waals surface area (Å²) in [4.78, 5) is 0. The second-order valence-corrected chi connectivity index (χ2v) is 3.62. The zero-order valence-electron chi connectivity index (χ0n) is 9.88. The van der Waals surface area contributed by atoms with Crippen LogP contribution in [0, 0.1) is 11.3 Å². The lowest BCUT2D eigenvalue weighted by atomic mass is 10.2. The quantitative estimate of drug-likeness (QED) is 0.837. The maximum Gasteiger partial charge on any atom is 0.169 e. The molecule has 0 fully saturated rings. The van der Waals surface area contributed by atoms with Crippen molar-refractivity contribution in [2.75, 3.05) is 12.8 Å². The van der Waals surface area contributed by atoms with Gasteiger partial charge in [-0.05, 0) is 24.3 Å². The summed E-state index contributed by atoms with van der Waals surface area (Å²) in [6.07, 6.45) is 0. The summed E-state index contributed by atoms with van der Waals surface area (Å²) in [5.74, 6) is 1.58. The molecule has 0 saturated heterocycles. The molecule has 0 aliphatic heterocycles. The van der Waals surface area contributed by atoms with E-state index >= 15 is 0 Å². The summed E-state index contributed by atoms with van der Waals surface area (Å²) in [7, 11) is 1.53. The number of nitrogens with two attached hydrogens (primary N) is 1. The van der Waals surface area contributed by atoms with E-state index in [1.165, 1.54) is 7.11 Å². The van der Waals surface area contributed by atoms with Gasteiger partial charge in [0.05, 0.1) is 24.4 Å². The summed E-state index contributed by atoms with van der Waals surface area (Å²) >= 11 is 0. The highest BCUT2D eigenvalue weighted by molar-refractivity contribution is 5.56. The highest BCUT2D eigenvalue weighted by Crippen LogP contribution is 2.34. The third kappa shape index (κ3) is 2.36. The Bertz CT molecular complexity index is 603. The molecular formula is C14H12N2O2. The average molecular weight is 240 g/mol. The van der Waals surface area contributed by atoms with Crippen LogP contribution in [0.1, 0.15) is 5.56 Å². The van der Waals surface area contributed by atoms with Gasteiger partial charge in [0.2, 0.25) is 0 Å². The molecule has 0 heterocycles. The Morgan fingerprint density at radius 2 is 1.83 bits per heavy atom. The lowest BCUT2D eigenvalue weighted by Gasteiger charge is -2.11. The normalized spacial score (nSPS) is 9.56. The molecule has 2 N–H and O–H groups in total. The van der Waals surface area contributed by atoms with Crippen LogP contribution in [-0.4, -0.2) is 7.11 Å². The number of anilines is 1. The second-order valence-electron chi connectivity index (χ2n) is 3.62. The van der Waals surface area contributed by atoms with Crippen molar-refractivity contribution < 1.29 is 9.47 Å². The van der Waals surface area contributed by atoms with E-state index in [-0.39, 0.29) is 0 Å². The van der Waals surface area contributed by atoms with Crippen LogP contribution in [-0.2, 0) is 0 Å². The van der Waals surface area contributed by atoms with Crippen molar-refractivity contribution in [3.63, 3.8) is 0 Å². The van der Waals surface area contributed by atoms with Gasteiger partial charge in [-0.25, -0.2) is 0 Å². The third-order valence-electron chi connectivity index (χ3n) is 2.43. The average Bonchev–Trinajstić information content (AvgIpc) is 2.41. The Balaban J connectivity index is 2.35. The summed E-state index contributed by atoms with van der Waals surface area (Å²) in [5.41, 5.74) is 6.86. The standard InChI is InChI=1S/C14H12N2O2/c1-17-14-8-10(9-15)6-7-13(14)18-12-5-3-2-4-11(12)16/h2-8H,16H2,1H3. The van der Waals surface area contributed by atoms with Gasteiger partial charge in [0.1, 0.15) is 0 Å². The van der Waals surface area contributed by atoms with E-state index < -0.39 is 0 Å². The van der Waals surface area contributed by atoms with E-state index in [0.29, 0.717) is 28.5 Å². The predicted octanol–water partition coefficient (Wildman–Crippen LogP) is 2.94. The molecule has 0 radical (unpaired) electrons.